The molecule has 1 N–H and O–H groups in total. The first-order valence-electron chi connectivity index (χ1n) is 8.54. The molecular weight excluding hydrogens is 430 g/mol. The van der Waals surface area contributed by atoms with E-state index in [1.807, 2.05) is 24.3 Å². The van der Waals surface area contributed by atoms with Crippen molar-refractivity contribution in [3.8, 4) is 0 Å². The summed E-state index contributed by atoms with van der Waals surface area (Å²) in [5.41, 5.74) is 0.499. The van der Waals surface area contributed by atoms with E-state index in [0.29, 0.717) is 30.1 Å². The first-order valence-corrected chi connectivity index (χ1v) is 10.2. The van der Waals surface area contributed by atoms with Crippen LogP contribution in [0.25, 0.3) is 0 Å². The van der Waals surface area contributed by atoms with Crippen LogP contribution in [-0.2, 0) is 9.59 Å². The van der Waals surface area contributed by atoms with Gasteiger partial charge in [0.15, 0.2) is 0 Å². The molecule has 0 unspecified atom stereocenters. The highest BCUT2D eigenvalue weighted by molar-refractivity contribution is 9.10. The van der Waals surface area contributed by atoms with Gasteiger partial charge in [0, 0.05) is 41.5 Å². The summed E-state index contributed by atoms with van der Waals surface area (Å²) in [7, 11) is 0. The van der Waals surface area contributed by atoms with Gasteiger partial charge in [-0.15, -0.1) is 0 Å². The SMILES string of the molecule is O=C(NCCCN1C(=O)CCC1=O)c1cccnc1Sc1ccc(Br)cc1. The van der Waals surface area contributed by atoms with E-state index < -0.39 is 0 Å². The Balaban J connectivity index is 1.56. The molecule has 1 aliphatic rings. The number of halogens is 1. The second-order valence-electron chi connectivity index (χ2n) is 5.96. The third-order valence-corrected chi connectivity index (χ3v) is 5.60. The average Bonchev–Trinajstić information content (AvgIpc) is 2.99. The fraction of sp³-hybridized carbons (Fsp3) is 0.263. The molecule has 2 heterocycles. The second-order valence-corrected chi connectivity index (χ2v) is 7.94. The van der Waals surface area contributed by atoms with Crippen molar-refractivity contribution < 1.29 is 14.4 Å². The number of carbonyl (C=O) groups is 3. The Morgan fingerprint density at radius 2 is 1.85 bits per heavy atom. The number of pyridine rings is 1. The minimum Gasteiger partial charge on any atom is -0.352 e. The van der Waals surface area contributed by atoms with Gasteiger partial charge in [-0.1, -0.05) is 27.7 Å². The molecule has 140 valence electrons. The zero-order valence-corrected chi connectivity index (χ0v) is 16.9. The summed E-state index contributed by atoms with van der Waals surface area (Å²) >= 11 is 4.82. The van der Waals surface area contributed by atoms with Crippen molar-refractivity contribution in [2.75, 3.05) is 13.1 Å². The van der Waals surface area contributed by atoms with Crippen molar-refractivity contribution in [1.29, 1.82) is 0 Å². The number of benzene rings is 1. The summed E-state index contributed by atoms with van der Waals surface area (Å²) in [6, 6.07) is 11.2. The molecule has 0 radical (unpaired) electrons. The van der Waals surface area contributed by atoms with Crippen molar-refractivity contribution in [2.24, 2.45) is 0 Å². The van der Waals surface area contributed by atoms with Crippen molar-refractivity contribution >= 4 is 45.4 Å². The molecule has 0 aliphatic carbocycles. The number of nitrogens with one attached hydrogen (secondary N) is 1. The Morgan fingerprint density at radius 3 is 2.56 bits per heavy atom. The highest BCUT2D eigenvalue weighted by Gasteiger charge is 2.28. The van der Waals surface area contributed by atoms with E-state index in [9.17, 15) is 14.4 Å². The van der Waals surface area contributed by atoms with Crippen molar-refractivity contribution in [3.05, 3.63) is 52.6 Å². The fourth-order valence-electron chi connectivity index (χ4n) is 2.67. The van der Waals surface area contributed by atoms with Crippen LogP contribution in [0.3, 0.4) is 0 Å². The maximum Gasteiger partial charge on any atom is 0.254 e. The van der Waals surface area contributed by atoms with Gasteiger partial charge < -0.3 is 5.32 Å². The molecule has 1 fully saturated rings. The van der Waals surface area contributed by atoms with Crippen LogP contribution in [0.15, 0.2) is 57.0 Å². The Bertz CT molecular complexity index is 842. The smallest absolute Gasteiger partial charge is 0.254 e. The largest absolute Gasteiger partial charge is 0.352 e. The molecular formula is C19H18BrN3O3S. The van der Waals surface area contributed by atoms with E-state index >= 15 is 0 Å². The average molecular weight is 448 g/mol. The van der Waals surface area contributed by atoms with E-state index in [2.05, 4.69) is 26.2 Å². The van der Waals surface area contributed by atoms with Gasteiger partial charge in [0.25, 0.3) is 5.91 Å². The third kappa shape index (κ3) is 5.17. The Morgan fingerprint density at radius 1 is 1.15 bits per heavy atom. The molecule has 0 spiro atoms. The molecule has 0 atom stereocenters. The van der Waals surface area contributed by atoms with Gasteiger partial charge in [-0.3, -0.25) is 19.3 Å². The molecule has 27 heavy (non-hydrogen) atoms. The number of aromatic nitrogens is 1. The zero-order valence-electron chi connectivity index (χ0n) is 14.5. The monoisotopic (exact) mass is 447 g/mol. The van der Waals surface area contributed by atoms with Gasteiger partial charge in [-0.2, -0.15) is 0 Å². The number of carbonyl (C=O) groups excluding carboxylic acids is 3. The second kappa shape index (κ2) is 9.14. The molecule has 1 aromatic heterocycles. The summed E-state index contributed by atoms with van der Waals surface area (Å²) in [4.78, 5) is 42.2. The molecule has 3 rings (SSSR count). The van der Waals surface area contributed by atoms with Gasteiger partial charge in [0.1, 0.15) is 5.03 Å². The van der Waals surface area contributed by atoms with Crippen LogP contribution in [0.4, 0.5) is 0 Å². The number of amides is 3. The molecule has 1 aromatic carbocycles. The van der Waals surface area contributed by atoms with Crippen LogP contribution < -0.4 is 5.32 Å². The molecule has 1 saturated heterocycles. The number of hydrogen-bond donors (Lipinski definition) is 1. The fourth-order valence-corrected chi connectivity index (χ4v) is 3.81. The third-order valence-electron chi connectivity index (χ3n) is 4.04. The van der Waals surface area contributed by atoms with Gasteiger partial charge in [-0.05, 0) is 42.8 Å². The van der Waals surface area contributed by atoms with E-state index in [4.69, 9.17) is 0 Å². The number of imide groups is 1. The highest BCUT2D eigenvalue weighted by atomic mass is 79.9. The Kier molecular flexibility index (Phi) is 6.63. The van der Waals surface area contributed by atoms with Crippen LogP contribution in [0.2, 0.25) is 0 Å². The molecule has 1 aliphatic heterocycles. The lowest BCUT2D eigenvalue weighted by Crippen LogP contribution is -2.33. The standard InChI is InChI=1S/C19H18BrN3O3S/c20-13-4-6-14(7-5-13)27-19-15(3-1-10-22-19)18(26)21-11-2-12-23-16(24)8-9-17(23)25/h1,3-7,10H,2,8-9,11-12H2,(H,21,26). The zero-order chi connectivity index (χ0) is 19.2. The normalized spacial score (nSPS) is 13.9. The maximum atomic E-state index is 12.5. The first kappa shape index (κ1) is 19.6. The summed E-state index contributed by atoms with van der Waals surface area (Å²) in [5, 5.41) is 3.47. The van der Waals surface area contributed by atoms with E-state index in [1.54, 1.807) is 18.3 Å². The van der Waals surface area contributed by atoms with Gasteiger partial charge >= 0.3 is 0 Å². The number of hydrogen-bond acceptors (Lipinski definition) is 5. The quantitative estimate of drug-likeness (QED) is 0.520. The van der Waals surface area contributed by atoms with Crippen LogP contribution in [0, 0.1) is 0 Å². The van der Waals surface area contributed by atoms with Crippen LogP contribution in [0.1, 0.15) is 29.6 Å². The molecule has 0 saturated carbocycles. The number of likely N-dealkylation sites (tertiary alicyclic amines) is 1. The van der Waals surface area contributed by atoms with E-state index in [-0.39, 0.29) is 30.6 Å². The lowest BCUT2D eigenvalue weighted by Gasteiger charge is -2.14. The minimum atomic E-state index is -0.221. The molecule has 3 amide bonds. The van der Waals surface area contributed by atoms with Gasteiger partial charge in [-0.25, -0.2) is 4.98 Å². The van der Waals surface area contributed by atoms with Crippen LogP contribution in [0.5, 0.6) is 0 Å². The lowest BCUT2D eigenvalue weighted by molar-refractivity contribution is -0.138. The van der Waals surface area contributed by atoms with E-state index in [1.165, 1.54) is 16.7 Å². The summed E-state index contributed by atoms with van der Waals surface area (Å²) < 4.78 is 0.987. The van der Waals surface area contributed by atoms with Crippen molar-refractivity contribution in [3.63, 3.8) is 0 Å². The van der Waals surface area contributed by atoms with Gasteiger partial charge in [0.05, 0.1) is 5.56 Å². The minimum absolute atomic E-state index is 0.133. The van der Waals surface area contributed by atoms with Gasteiger partial charge in [0.2, 0.25) is 11.8 Å². The molecule has 0 bridgehead atoms. The summed E-state index contributed by atoms with van der Waals surface area (Å²) in [6.07, 6.45) is 2.76. The van der Waals surface area contributed by atoms with Crippen LogP contribution in [-0.4, -0.2) is 40.7 Å². The summed E-state index contributed by atoms with van der Waals surface area (Å²) in [6.45, 7) is 0.721. The molecule has 8 heteroatoms. The summed E-state index contributed by atoms with van der Waals surface area (Å²) in [5.74, 6) is -0.486. The van der Waals surface area contributed by atoms with E-state index in [0.717, 1.165) is 9.37 Å². The predicted octanol–water partition coefficient (Wildman–Crippen LogP) is 3.26. The Hall–Kier alpha value is -2.19. The number of nitrogens with zero attached hydrogens (tertiary/aromatic N) is 2. The van der Waals surface area contributed by atoms with Crippen LogP contribution >= 0.6 is 27.7 Å². The lowest BCUT2D eigenvalue weighted by atomic mass is 10.2. The Labute approximate surface area is 169 Å². The topological polar surface area (TPSA) is 79.4 Å². The number of rotatable bonds is 7. The van der Waals surface area contributed by atoms with Crippen molar-refractivity contribution in [1.82, 2.24) is 15.2 Å². The van der Waals surface area contributed by atoms with Crippen molar-refractivity contribution in [2.45, 2.75) is 29.2 Å². The molecule has 2 aromatic rings. The predicted molar refractivity (Wildman–Crippen MR) is 105 cm³/mol. The highest BCUT2D eigenvalue weighted by Crippen LogP contribution is 2.29. The first-order chi connectivity index (χ1) is 13.0. The molecule has 6 nitrogen and oxygen atoms in total. The maximum absolute atomic E-state index is 12.5.